The summed E-state index contributed by atoms with van der Waals surface area (Å²) in [6.07, 6.45) is 1.45. The number of amides is 2. The molecule has 0 aromatic heterocycles. The normalized spacial score (nSPS) is 15.4. The number of hydrogen-bond donors (Lipinski definition) is 1. The molecule has 2 amide bonds. The fourth-order valence-electron chi connectivity index (χ4n) is 2.92. The summed E-state index contributed by atoms with van der Waals surface area (Å²) < 4.78 is 0.967. The van der Waals surface area contributed by atoms with Crippen LogP contribution in [0, 0.1) is 0 Å². The molecule has 0 spiro atoms. The average molecular weight is 387 g/mol. The predicted molar refractivity (Wildman–Crippen MR) is 98.1 cm³/mol. The first-order valence-corrected chi connectivity index (χ1v) is 8.81. The monoisotopic (exact) mass is 386 g/mol. The van der Waals surface area contributed by atoms with E-state index in [2.05, 4.69) is 21.2 Å². The van der Waals surface area contributed by atoms with E-state index in [1.165, 1.54) is 0 Å². The van der Waals surface area contributed by atoms with Crippen molar-refractivity contribution in [2.24, 2.45) is 0 Å². The number of halogens is 1. The Bertz CT molecular complexity index is 775. The Balaban J connectivity index is 1.76. The van der Waals surface area contributed by atoms with Crippen LogP contribution in [0.3, 0.4) is 0 Å². The Morgan fingerprint density at radius 3 is 2.71 bits per heavy atom. The van der Waals surface area contributed by atoms with E-state index in [4.69, 9.17) is 0 Å². The van der Waals surface area contributed by atoms with Gasteiger partial charge in [0, 0.05) is 28.7 Å². The molecule has 3 rings (SSSR count). The number of rotatable bonds is 4. The van der Waals surface area contributed by atoms with Crippen LogP contribution >= 0.6 is 15.9 Å². The number of anilines is 1. The van der Waals surface area contributed by atoms with Crippen LogP contribution in [-0.2, 0) is 4.79 Å². The average Bonchev–Trinajstić information content (AvgIpc) is 3.01. The fourth-order valence-corrected chi connectivity index (χ4v) is 3.55. The highest BCUT2D eigenvalue weighted by Crippen LogP contribution is 2.25. The topological polar surface area (TPSA) is 49.4 Å². The molecule has 1 fully saturated rings. The number of carbonyl (C=O) groups is 2. The molecule has 1 heterocycles. The maximum Gasteiger partial charge on any atom is 0.251 e. The molecule has 1 aliphatic rings. The van der Waals surface area contributed by atoms with Crippen LogP contribution in [0.15, 0.2) is 53.0 Å². The van der Waals surface area contributed by atoms with Crippen molar-refractivity contribution in [3.8, 4) is 0 Å². The van der Waals surface area contributed by atoms with E-state index in [0.717, 1.165) is 28.7 Å². The van der Waals surface area contributed by atoms with Crippen LogP contribution in [0.4, 0.5) is 5.69 Å². The summed E-state index contributed by atoms with van der Waals surface area (Å²) in [5, 5.41) is 3.01. The minimum atomic E-state index is -0.147. The Kier molecular flexibility index (Phi) is 5.00. The van der Waals surface area contributed by atoms with Gasteiger partial charge in [0.05, 0.1) is 6.04 Å². The van der Waals surface area contributed by atoms with E-state index in [1.54, 1.807) is 17.0 Å². The third kappa shape index (κ3) is 3.51. The fraction of sp³-hybridized carbons (Fsp3) is 0.263. The molecular formula is C19H19BrN2O2. The third-order valence-corrected chi connectivity index (χ3v) is 4.93. The highest BCUT2D eigenvalue weighted by Gasteiger charge is 2.22. The summed E-state index contributed by atoms with van der Waals surface area (Å²) in [6.45, 7) is 2.67. The van der Waals surface area contributed by atoms with Crippen molar-refractivity contribution < 1.29 is 9.59 Å². The molecule has 2 aromatic carbocycles. The Morgan fingerprint density at radius 2 is 2.00 bits per heavy atom. The van der Waals surface area contributed by atoms with Crippen molar-refractivity contribution in [2.45, 2.75) is 25.8 Å². The second-order valence-corrected chi connectivity index (χ2v) is 6.77. The number of carbonyl (C=O) groups excluding carboxylic acids is 2. The van der Waals surface area contributed by atoms with Crippen LogP contribution in [0.25, 0.3) is 0 Å². The van der Waals surface area contributed by atoms with Crippen LogP contribution in [0.2, 0.25) is 0 Å². The van der Waals surface area contributed by atoms with Gasteiger partial charge in [0.25, 0.3) is 5.91 Å². The van der Waals surface area contributed by atoms with Crippen molar-refractivity contribution in [1.82, 2.24) is 5.32 Å². The lowest BCUT2D eigenvalue weighted by molar-refractivity contribution is -0.117. The summed E-state index contributed by atoms with van der Waals surface area (Å²) in [6, 6.07) is 14.9. The highest BCUT2D eigenvalue weighted by molar-refractivity contribution is 9.10. The molecule has 0 saturated carbocycles. The van der Waals surface area contributed by atoms with Crippen LogP contribution in [0.1, 0.15) is 41.7 Å². The zero-order valence-corrected chi connectivity index (χ0v) is 15.0. The largest absolute Gasteiger partial charge is 0.345 e. The number of hydrogen-bond acceptors (Lipinski definition) is 2. The maximum absolute atomic E-state index is 12.6. The summed E-state index contributed by atoms with van der Waals surface area (Å²) in [4.78, 5) is 26.2. The summed E-state index contributed by atoms with van der Waals surface area (Å²) in [5.41, 5.74) is 2.38. The molecule has 4 nitrogen and oxygen atoms in total. The molecule has 1 aliphatic heterocycles. The summed E-state index contributed by atoms with van der Waals surface area (Å²) in [5.74, 6) is -0.0270. The van der Waals surface area contributed by atoms with E-state index in [0.29, 0.717) is 12.0 Å². The molecule has 1 unspecified atom stereocenters. The summed E-state index contributed by atoms with van der Waals surface area (Å²) in [7, 11) is 0. The lowest BCUT2D eigenvalue weighted by Gasteiger charge is -2.18. The molecule has 1 atom stereocenters. The van der Waals surface area contributed by atoms with Crippen molar-refractivity contribution in [2.75, 3.05) is 11.4 Å². The van der Waals surface area contributed by atoms with Gasteiger partial charge < -0.3 is 10.2 Å². The Labute approximate surface area is 150 Å². The third-order valence-electron chi connectivity index (χ3n) is 4.21. The van der Waals surface area contributed by atoms with Gasteiger partial charge in [0.1, 0.15) is 0 Å². The van der Waals surface area contributed by atoms with Gasteiger partial charge in [0.2, 0.25) is 5.91 Å². The van der Waals surface area contributed by atoms with Crippen LogP contribution in [0.5, 0.6) is 0 Å². The van der Waals surface area contributed by atoms with E-state index < -0.39 is 0 Å². The lowest BCUT2D eigenvalue weighted by Crippen LogP contribution is -2.28. The van der Waals surface area contributed by atoms with E-state index in [1.807, 2.05) is 43.3 Å². The second-order valence-electron chi connectivity index (χ2n) is 5.92. The minimum absolute atomic E-state index is 0.120. The van der Waals surface area contributed by atoms with E-state index in [-0.39, 0.29) is 17.9 Å². The molecule has 0 aliphatic carbocycles. The quantitative estimate of drug-likeness (QED) is 0.860. The van der Waals surface area contributed by atoms with Gasteiger partial charge in [-0.25, -0.2) is 0 Å². The van der Waals surface area contributed by atoms with Gasteiger partial charge in [-0.2, -0.15) is 0 Å². The molecule has 2 aromatic rings. The Morgan fingerprint density at radius 1 is 1.21 bits per heavy atom. The zero-order valence-electron chi connectivity index (χ0n) is 13.5. The number of nitrogens with zero attached hydrogens (tertiary/aromatic N) is 1. The smallest absolute Gasteiger partial charge is 0.251 e. The van der Waals surface area contributed by atoms with Crippen molar-refractivity contribution in [1.29, 1.82) is 0 Å². The molecule has 5 heteroatoms. The van der Waals surface area contributed by atoms with Gasteiger partial charge in [-0.3, -0.25) is 9.59 Å². The zero-order chi connectivity index (χ0) is 17.1. The van der Waals surface area contributed by atoms with Crippen molar-refractivity contribution in [3.05, 3.63) is 64.1 Å². The van der Waals surface area contributed by atoms with Crippen LogP contribution in [-0.4, -0.2) is 18.4 Å². The maximum atomic E-state index is 12.6. The van der Waals surface area contributed by atoms with E-state index >= 15 is 0 Å². The van der Waals surface area contributed by atoms with Gasteiger partial charge in [-0.15, -0.1) is 0 Å². The molecule has 0 bridgehead atoms. The van der Waals surface area contributed by atoms with Gasteiger partial charge >= 0.3 is 0 Å². The highest BCUT2D eigenvalue weighted by atomic mass is 79.9. The van der Waals surface area contributed by atoms with Crippen LogP contribution < -0.4 is 10.2 Å². The first-order valence-electron chi connectivity index (χ1n) is 8.02. The number of benzene rings is 2. The second kappa shape index (κ2) is 7.18. The summed E-state index contributed by atoms with van der Waals surface area (Å²) >= 11 is 3.51. The number of nitrogens with one attached hydrogen (secondary N) is 1. The lowest BCUT2D eigenvalue weighted by atomic mass is 10.1. The predicted octanol–water partition coefficient (Wildman–Crippen LogP) is 4.07. The minimum Gasteiger partial charge on any atom is -0.345 e. The first kappa shape index (κ1) is 16.7. The van der Waals surface area contributed by atoms with Gasteiger partial charge in [0.15, 0.2) is 0 Å². The SMILES string of the molecule is CC(NC(=O)c1cccc(N2CCCC2=O)c1)c1ccccc1Br. The van der Waals surface area contributed by atoms with Crippen molar-refractivity contribution >= 4 is 33.4 Å². The molecule has 24 heavy (non-hydrogen) atoms. The molecular weight excluding hydrogens is 368 g/mol. The first-order chi connectivity index (χ1) is 11.6. The molecule has 1 N–H and O–H groups in total. The van der Waals surface area contributed by atoms with Gasteiger partial charge in [-0.05, 0) is 43.2 Å². The van der Waals surface area contributed by atoms with Crippen molar-refractivity contribution in [3.63, 3.8) is 0 Å². The molecule has 0 radical (unpaired) electrons. The molecule has 1 saturated heterocycles. The van der Waals surface area contributed by atoms with Gasteiger partial charge in [-0.1, -0.05) is 40.2 Å². The molecule has 124 valence electrons. The Hall–Kier alpha value is -2.14. The van der Waals surface area contributed by atoms with E-state index in [9.17, 15) is 9.59 Å². The standard InChI is InChI=1S/C19H19BrN2O2/c1-13(16-8-2-3-9-17(16)20)21-19(24)14-6-4-7-15(12-14)22-11-5-10-18(22)23/h2-4,6-9,12-13H,5,10-11H2,1H3,(H,21,24).